The van der Waals surface area contributed by atoms with Gasteiger partial charge in [0, 0.05) is 0 Å². The standard InChI is InChI=1S/C15H16F3NO4/c1-9-5-6-12(23-9)14(21,15(16,17)18)8-13(20)19-10(2)11-4-3-7-22-11/h3-7,10,21H,8H2,1-2H3,(H,19,20). The second-order valence-electron chi connectivity index (χ2n) is 5.25. The van der Waals surface area contributed by atoms with Crippen LogP contribution in [0.2, 0.25) is 0 Å². The minimum Gasteiger partial charge on any atom is -0.467 e. The summed E-state index contributed by atoms with van der Waals surface area (Å²) in [6.45, 7) is 3.00. The summed E-state index contributed by atoms with van der Waals surface area (Å²) in [7, 11) is 0. The van der Waals surface area contributed by atoms with E-state index in [9.17, 15) is 23.1 Å². The summed E-state index contributed by atoms with van der Waals surface area (Å²) in [6, 6.07) is 4.84. The Labute approximate surface area is 130 Å². The van der Waals surface area contributed by atoms with Gasteiger partial charge in [0.25, 0.3) is 0 Å². The monoisotopic (exact) mass is 331 g/mol. The van der Waals surface area contributed by atoms with Crippen molar-refractivity contribution in [3.63, 3.8) is 0 Å². The Morgan fingerprint density at radius 3 is 2.52 bits per heavy atom. The molecule has 0 saturated heterocycles. The Balaban J connectivity index is 2.17. The smallest absolute Gasteiger partial charge is 0.425 e. The molecule has 0 aliphatic heterocycles. The van der Waals surface area contributed by atoms with E-state index >= 15 is 0 Å². The van der Waals surface area contributed by atoms with Crippen LogP contribution in [0.5, 0.6) is 0 Å². The highest BCUT2D eigenvalue weighted by molar-refractivity contribution is 5.77. The third kappa shape index (κ3) is 3.58. The number of amides is 1. The van der Waals surface area contributed by atoms with E-state index in [1.54, 1.807) is 19.1 Å². The summed E-state index contributed by atoms with van der Waals surface area (Å²) in [5, 5.41) is 12.4. The third-order valence-corrected chi connectivity index (χ3v) is 3.38. The summed E-state index contributed by atoms with van der Waals surface area (Å²) in [4.78, 5) is 11.9. The number of hydrogen-bond donors (Lipinski definition) is 2. The number of rotatable bonds is 5. The number of halogens is 3. The van der Waals surface area contributed by atoms with Gasteiger partial charge in [-0.25, -0.2) is 0 Å². The number of furan rings is 2. The summed E-state index contributed by atoms with van der Waals surface area (Å²) in [5.74, 6) is -1.11. The van der Waals surface area contributed by atoms with E-state index in [-0.39, 0.29) is 5.76 Å². The first-order valence-electron chi connectivity index (χ1n) is 6.82. The first kappa shape index (κ1) is 17.1. The van der Waals surface area contributed by atoms with Crippen molar-refractivity contribution >= 4 is 5.91 Å². The zero-order valence-corrected chi connectivity index (χ0v) is 12.5. The molecule has 2 aromatic rings. The van der Waals surface area contributed by atoms with Gasteiger partial charge in [0.2, 0.25) is 11.5 Å². The van der Waals surface area contributed by atoms with Gasteiger partial charge < -0.3 is 19.3 Å². The number of nitrogens with one attached hydrogen (secondary N) is 1. The van der Waals surface area contributed by atoms with Crippen molar-refractivity contribution in [3.05, 3.63) is 47.8 Å². The van der Waals surface area contributed by atoms with Crippen LogP contribution in [-0.2, 0) is 10.4 Å². The number of aliphatic hydroxyl groups is 1. The largest absolute Gasteiger partial charge is 0.467 e. The molecule has 2 aromatic heterocycles. The van der Waals surface area contributed by atoms with Crippen molar-refractivity contribution in [2.45, 2.75) is 38.1 Å². The first-order valence-corrected chi connectivity index (χ1v) is 6.82. The SMILES string of the molecule is Cc1ccc(C(O)(CC(=O)NC(C)c2ccco2)C(F)(F)F)o1. The molecule has 23 heavy (non-hydrogen) atoms. The number of alkyl halides is 3. The van der Waals surface area contributed by atoms with E-state index < -0.39 is 35.9 Å². The van der Waals surface area contributed by atoms with Gasteiger partial charge in [0.1, 0.15) is 17.3 Å². The van der Waals surface area contributed by atoms with E-state index in [0.717, 1.165) is 6.07 Å². The van der Waals surface area contributed by atoms with Crippen LogP contribution in [-0.4, -0.2) is 17.2 Å². The lowest BCUT2D eigenvalue weighted by atomic mass is 9.95. The maximum absolute atomic E-state index is 13.3. The molecule has 0 aliphatic carbocycles. The van der Waals surface area contributed by atoms with E-state index in [1.165, 1.54) is 19.3 Å². The molecule has 2 heterocycles. The molecular weight excluding hydrogens is 315 g/mol. The van der Waals surface area contributed by atoms with E-state index in [0.29, 0.717) is 5.76 Å². The molecule has 0 bridgehead atoms. The molecule has 2 N–H and O–H groups in total. The average molecular weight is 331 g/mol. The molecule has 2 atom stereocenters. The Hall–Kier alpha value is -2.22. The number of carbonyl (C=O) groups excluding carboxylic acids is 1. The lowest BCUT2D eigenvalue weighted by Crippen LogP contribution is -2.46. The van der Waals surface area contributed by atoms with Crippen molar-refractivity contribution in [1.82, 2.24) is 5.32 Å². The zero-order chi connectivity index (χ0) is 17.3. The predicted molar refractivity (Wildman–Crippen MR) is 73.3 cm³/mol. The molecule has 5 nitrogen and oxygen atoms in total. The average Bonchev–Trinajstić information content (AvgIpc) is 3.07. The molecule has 0 saturated carbocycles. The molecule has 126 valence electrons. The van der Waals surface area contributed by atoms with Crippen LogP contribution in [0.25, 0.3) is 0 Å². The van der Waals surface area contributed by atoms with Gasteiger partial charge in [-0.1, -0.05) is 0 Å². The van der Waals surface area contributed by atoms with Gasteiger partial charge in [-0.3, -0.25) is 4.79 Å². The second-order valence-corrected chi connectivity index (χ2v) is 5.25. The van der Waals surface area contributed by atoms with Crippen molar-refractivity contribution in [3.8, 4) is 0 Å². The molecule has 2 rings (SSSR count). The quantitative estimate of drug-likeness (QED) is 0.882. The maximum atomic E-state index is 13.3. The summed E-state index contributed by atoms with van der Waals surface area (Å²) in [5.41, 5.74) is -3.39. The number of hydrogen-bond acceptors (Lipinski definition) is 4. The Morgan fingerprint density at radius 2 is 2.04 bits per heavy atom. The molecule has 0 aliphatic rings. The van der Waals surface area contributed by atoms with Crippen molar-refractivity contribution in [1.29, 1.82) is 0 Å². The molecule has 8 heteroatoms. The minimum absolute atomic E-state index is 0.201. The summed E-state index contributed by atoms with van der Waals surface area (Å²) in [6.07, 6.45) is -4.90. The normalized spacial score (nSPS) is 15.9. The third-order valence-electron chi connectivity index (χ3n) is 3.38. The Morgan fingerprint density at radius 1 is 1.35 bits per heavy atom. The fraction of sp³-hybridized carbons (Fsp3) is 0.400. The summed E-state index contributed by atoms with van der Waals surface area (Å²) >= 11 is 0. The van der Waals surface area contributed by atoms with Gasteiger partial charge in [-0.15, -0.1) is 0 Å². The van der Waals surface area contributed by atoms with Crippen LogP contribution in [0.3, 0.4) is 0 Å². The van der Waals surface area contributed by atoms with Gasteiger partial charge in [0.05, 0.1) is 18.7 Å². The lowest BCUT2D eigenvalue weighted by molar-refractivity contribution is -0.273. The van der Waals surface area contributed by atoms with E-state index in [4.69, 9.17) is 8.83 Å². The van der Waals surface area contributed by atoms with Crippen LogP contribution in [0, 0.1) is 6.92 Å². The molecule has 0 aromatic carbocycles. The van der Waals surface area contributed by atoms with Crippen molar-refractivity contribution in [2.75, 3.05) is 0 Å². The highest BCUT2D eigenvalue weighted by Gasteiger charge is 2.58. The molecule has 0 fully saturated rings. The number of aryl methyl sites for hydroxylation is 1. The van der Waals surface area contributed by atoms with Gasteiger partial charge >= 0.3 is 6.18 Å². The van der Waals surface area contributed by atoms with Crippen LogP contribution < -0.4 is 5.32 Å². The van der Waals surface area contributed by atoms with Gasteiger partial charge in [-0.05, 0) is 38.1 Å². The molecule has 1 amide bonds. The van der Waals surface area contributed by atoms with Crippen LogP contribution in [0.15, 0.2) is 39.4 Å². The zero-order valence-electron chi connectivity index (χ0n) is 12.5. The van der Waals surface area contributed by atoms with Gasteiger partial charge in [0.15, 0.2) is 0 Å². The lowest BCUT2D eigenvalue weighted by Gasteiger charge is -2.28. The topological polar surface area (TPSA) is 75.6 Å². The number of carbonyl (C=O) groups is 1. The van der Waals surface area contributed by atoms with E-state index in [1.807, 2.05) is 0 Å². The van der Waals surface area contributed by atoms with E-state index in [2.05, 4.69) is 5.32 Å². The fourth-order valence-corrected chi connectivity index (χ4v) is 2.12. The van der Waals surface area contributed by atoms with Crippen LogP contribution >= 0.6 is 0 Å². The highest BCUT2D eigenvalue weighted by atomic mass is 19.4. The first-order chi connectivity index (χ1) is 10.6. The molecular formula is C15H16F3NO4. The van der Waals surface area contributed by atoms with Crippen LogP contribution in [0.4, 0.5) is 13.2 Å². The molecule has 2 unspecified atom stereocenters. The molecule has 0 radical (unpaired) electrons. The second kappa shape index (κ2) is 6.11. The summed E-state index contributed by atoms with van der Waals surface area (Å²) < 4.78 is 49.7. The van der Waals surface area contributed by atoms with Crippen molar-refractivity contribution < 1.29 is 31.9 Å². The fourth-order valence-electron chi connectivity index (χ4n) is 2.12. The minimum atomic E-state index is -5.07. The predicted octanol–water partition coefficient (Wildman–Crippen LogP) is 3.20. The Bertz CT molecular complexity index is 663. The Kier molecular flexibility index (Phi) is 4.56. The highest BCUT2D eigenvalue weighted by Crippen LogP contribution is 2.42. The van der Waals surface area contributed by atoms with Crippen molar-refractivity contribution in [2.24, 2.45) is 0 Å². The maximum Gasteiger partial charge on any atom is 0.425 e. The van der Waals surface area contributed by atoms with Crippen LogP contribution in [0.1, 0.15) is 36.7 Å². The molecule has 0 spiro atoms. The van der Waals surface area contributed by atoms with Gasteiger partial charge in [-0.2, -0.15) is 13.2 Å².